The molecule has 0 N–H and O–H groups in total. The molecule has 1 amide bonds. The number of benzene rings is 2. The minimum atomic E-state index is -0.377. The van der Waals surface area contributed by atoms with Crippen molar-refractivity contribution in [2.75, 3.05) is 20.8 Å². The normalized spacial score (nSPS) is 11.6. The Labute approximate surface area is 161 Å². The smallest absolute Gasteiger partial charge is 0.283 e. The molecule has 1 aromatic heterocycles. The van der Waals surface area contributed by atoms with E-state index in [-0.39, 0.29) is 5.91 Å². The van der Waals surface area contributed by atoms with Gasteiger partial charge in [0, 0.05) is 6.54 Å². The molecule has 1 heterocycles. The Balaban J connectivity index is 2.17. The number of hydrogen-bond donors (Lipinski definition) is 0. The summed E-state index contributed by atoms with van der Waals surface area (Å²) >= 11 is 1.46. The van der Waals surface area contributed by atoms with Crippen LogP contribution in [0.15, 0.2) is 41.4 Å². The van der Waals surface area contributed by atoms with Gasteiger partial charge in [-0.05, 0) is 38.1 Å². The summed E-state index contributed by atoms with van der Waals surface area (Å²) in [5.74, 6) is 1.29. The van der Waals surface area contributed by atoms with Gasteiger partial charge < -0.3 is 18.8 Å². The first kappa shape index (κ1) is 19.0. The van der Waals surface area contributed by atoms with Crippen molar-refractivity contribution in [3.05, 3.63) is 46.8 Å². The van der Waals surface area contributed by atoms with Crippen LogP contribution >= 0.6 is 11.3 Å². The molecule has 2 aromatic carbocycles. The first-order chi connectivity index (χ1) is 13.1. The van der Waals surface area contributed by atoms with Crippen LogP contribution in [0.4, 0.5) is 0 Å². The summed E-state index contributed by atoms with van der Waals surface area (Å²) in [6.45, 7) is 5.21. The van der Waals surface area contributed by atoms with E-state index in [9.17, 15) is 4.79 Å². The highest BCUT2D eigenvalue weighted by Gasteiger charge is 2.17. The predicted molar refractivity (Wildman–Crippen MR) is 106 cm³/mol. The molecule has 0 aliphatic heterocycles. The van der Waals surface area contributed by atoms with Crippen LogP contribution < -0.4 is 19.0 Å². The Morgan fingerprint density at radius 3 is 2.48 bits per heavy atom. The van der Waals surface area contributed by atoms with Gasteiger partial charge in [0.15, 0.2) is 16.3 Å². The lowest BCUT2D eigenvalue weighted by Gasteiger charge is -2.10. The van der Waals surface area contributed by atoms with Gasteiger partial charge in [-0.2, -0.15) is 4.99 Å². The summed E-state index contributed by atoms with van der Waals surface area (Å²) in [5.41, 5.74) is 1.32. The number of ether oxygens (including phenoxy) is 3. The molecule has 0 atom stereocenters. The monoisotopic (exact) mass is 386 g/mol. The quantitative estimate of drug-likeness (QED) is 0.645. The van der Waals surface area contributed by atoms with E-state index < -0.39 is 0 Å². The number of hydrogen-bond acceptors (Lipinski definition) is 5. The number of fused-ring (bicyclic) bond motifs is 1. The maximum atomic E-state index is 12.9. The standard InChI is InChI=1S/C20H22N2O4S/c1-5-22-17-14(26-6-2)10-8-12-16(17)27-20(22)21-19(23)13-9-7-11-15(24-3)18(13)25-4/h7-12H,5-6H2,1-4H3. The third kappa shape index (κ3) is 3.55. The second-order valence-corrected chi connectivity index (χ2v) is 6.63. The lowest BCUT2D eigenvalue weighted by Crippen LogP contribution is -2.16. The van der Waals surface area contributed by atoms with Crippen molar-refractivity contribution in [2.45, 2.75) is 20.4 Å². The fraction of sp³-hybridized carbons (Fsp3) is 0.300. The van der Waals surface area contributed by atoms with Gasteiger partial charge in [0.1, 0.15) is 11.3 Å². The third-order valence-electron chi connectivity index (χ3n) is 4.11. The molecular weight excluding hydrogens is 364 g/mol. The maximum Gasteiger partial charge on any atom is 0.283 e. The predicted octanol–water partition coefficient (Wildman–Crippen LogP) is 3.88. The molecule has 0 aliphatic carbocycles. The van der Waals surface area contributed by atoms with Gasteiger partial charge >= 0.3 is 0 Å². The van der Waals surface area contributed by atoms with Gasteiger partial charge in [0.25, 0.3) is 5.91 Å². The fourth-order valence-electron chi connectivity index (χ4n) is 2.95. The van der Waals surface area contributed by atoms with E-state index in [4.69, 9.17) is 14.2 Å². The number of carbonyl (C=O) groups is 1. The molecule has 7 heteroatoms. The molecule has 6 nitrogen and oxygen atoms in total. The highest BCUT2D eigenvalue weighted by molar-refractivity contribution is 7.16. The van der Waals surface area contributed by atoms with E-state index >= 15 is 0 Å². The second kappa shape index (κ2) is 8.26. The third-order valence-corrected chi connectivity index (χ3v) is 5.15. The number of methoxy groups -OCH3 is 2. The number of aromatic nitrogens is 1. The summed E-state index contributed by atoms with van der Waals surface area (Å²) in [5, 5.41) is 0. The van der Waals surface area contributed by atoms with Crippen molar-refractivity contribution >= 4 is 27.5 Å². The average Bonchev–Trinajstić information content (AvgIpc) is 3.05. The fourth-order valence-corrected chi connectivity index (χ4v) is 4.06. The molecule has 0 fully saturated rings. The molecule has 0 saturated heterocycles. The van der Waals surface area contributed by atoms with E-state index in [1.807, 2.05) is 36.6 Å². The minimum absolute atomic E-state index is 0.363. The van der Waals surface area contributed by atoms with Gasteiger partial charge in [-0.3, -0.25) is 4.79 Å². The van der Waals surface area contributed by atoms with Crippen molar-refractivity contribution in [2.24, 2.45) is 4.99 Å². The minimum Gasteiger partial charge on any atom is -0.493 e. The zero-order chi connectivity index (χ0) is 19.4. The van der Waals surface area contributed by atoms with Crippen molar-refractivity contribution < 1.29 is 19.0 Å². The first-order valence-electron chi connectivity index (χ1n) is 8.69. The maximum absolute atomic E-state index is 12.9. The van der Waals surface area contributed by atoms with E-state index in [2.05, 4.69) is 4.99 Å². The number of rotatable bonds is 6. The molecule has 0 spiro atoms. The van der Waals surface area contributed by atoms with Crippen LogP contribution in [0, 0.1) is 0 Å². The van der Waals surface area contributed by atoms with Crippen LogP contribution in [-0.4, -0.2) is 31.3 Å². The second-order valence-electron chi connectivity index (χ2n) is 5.62. The Hall–Kier alpha value is -2.80. The first-order valence-corrected chi connectivity index (χ1v) is 9.51. The van der Waals surface area contributed by atoms with Gasteiger partial charge in [0.05, 0.1) is 31.1 Å². The van der Waals surface area contributed by atoms with Gasteiger partial charge in [-0.15, -0.1) is 0 Å². The van der Waals surface area contributed by atoms with Crippen molar-refractivity contribution in [3.8, 4) is 17.2 Å². The largest absolute Gasteiger partial charge is 0.493 e. The highest BCUT2D eigenvalue weighted by atomic mass is 32.1. The Kier molecular flexibility index (Phi) is 5.81. The lowest BCUT2D eigenvalue weighted by atomic mass is 10.2. The van der Waals surface area contributed by atoms with Crippen LogP contribution in [0.25, 0.3) is 10.2 Å². The van der Waals surface area contributed by atoms with Crippen molar-refractivity contribution in [3.63, 3.8) is 0 Å². The Morgan fingerprint density at radius 1 is 1.07 bits per heavy atom. The van der Waals surface area contributed by atoms with Crippen LogP contribution in [0.2, 0.25) is 0 Å². The molecule has 0 bridgehead atoms. The number of para-hydroxylation sites is 2. The number of nitrogens with zero attached hydrogens (tertiary/aromatic N) is 2. The number of thiazole rings is 1. The van der Waals surface area contributed by atoms with Crippen molar-refractivity contribution in [1.82, 2.24) is 4.57 Å². The van der Waals surface area contributed by atoms with E-state index in [0.29, 0.717) is 35.0 Å². The number of amides is 1. The summed E-state index contributed by atoms with van der Waals surface area (Å²) in [6, 6.07) is 11.1. The lowest BCUT2D eigenvalue weighted by molar-refractivity contribution is 0.0994. The topological polar surface area (TPSA) is 62.1 Å². The number of carbonyl (C=O) groups excluding carboxylic acids is 1. The molecule has 27 heavy (non-hydrogen) atoms. The average molecular weight is 386 g/mol. The summed E-state index contributed by atoms with van der Waals surface area (Å²) in [7, 11) is 3.05. The molecule has 0 unspecified atom stereocenters. The number of aryl methyl sites for hydroxylation is 1. The van der Waals surface area contributed by atoms with E-state index in [1.54, 1.807) is 18.2 Å². The SMILES string of the molecule is CCOc1cccc2sc(=NC(=O)c3cccc(OC)c3OC)n(CC)c12. The molecule has 3 rings (SSSR count). The Morgan fingerprint density at radius 2 is 1.81 bits per heavy atom. The van der Waals surface area contributed by atoms with Gasteiger partial charge in [-0.25, -0.2) is 0 Å². The summed E-state index contributed by atoms with van der Waals surface area (Å²) in [4.78, 5) is 17.9. The molecule has 0 aliphatic rings. The summed E-state index contributed by atoms with van der Waals surface area (Å²) in [6.07, 6.45) is 0. The zero-order valence-corrected chi connectivity index (χ0v) is 16.6. The Bertz CT molecular complexity index is 1040. The van der Waals surface area contributed by atoms with Crippen molar-refractivity contribution in [1.29, 1.82) is 0 Å². The molecule has 0 radical (unpaired) electrons. The molecular formula is C20H22N2O4S. The van der Waals surface area contributed by atoms with Crippen LogP contribution in [0.3, 0.4) is 0 Å². The van der Waals surface area contributed by atoms with Crippen LogP contribution in [-0.2, 0) is 6.54 Å². The van der Waals surface area contributed by atoms with Gasteiger partial charge in [0.2, 0.25) is 0 Å². The van der Waals surface area contributed by atoms with E-state index in [0.717, 1.165) is 16.0 Å². The van der Waals surface area contributed by atoms with Crippen LogP contribution in [0.5, 0.6) is 17.2 Å². The summed E-state index contributed by atoms with van der Waals surface area (Å²) < 4.78 is 19.4. The van der Waals surface area contributed by atoms with Crippen LogP contribution in [0.1, 0.15) is 24.2 Å². The molecule has 142 valence electrons. The highest BCUT2D eigenvalue weighted by Crippen LogP contribution is 2.31. The molecule has 0 saturated carbocycles. The molecule has 3 aromatic rings. The van der Waals surface area contributed by atoms with Gasteiger partial charge in [-0.1, -0.05) is 23.5 Å². The zero-order valence-electron chi connectivity index (χ0n) is 15.8. The van der Waals surface area contributed by atoms with E-state index in [1.165, 1.54) is 25.6 Å².